The maximum atomic E-state index is 12.5. The topological polar surface area (TPSA) is 65.1 Å². The van der Waals surface area contributed by atoms with Crippen LogP contribution in [0.15, 0.2) is 42.5 Å². The van der Waals surface area contributed by atoms with Crippen molar-refractivity contribution in [3.8, 4) is 11.5 Å². The summed E-state index contributed by atoms with van der Waals surface area (Å²) in [6.07, 6.45) is 1.86. The Morgan fingerprint density at radius 2 is 1.92 bits per heavy atom. The summed E-state index contributed by atoms with van der Waals surface area (Å²) < 4.78 is 15.6. The van der Waals surface area contributed by atoms with Crippen LogP contribution in [0, 0.1) is 0 Å². The van der Waals surface area contributed by atoms with Gasteiger partial charge in [-0.3, -0.25) is 4.79 Å². The summed E-state index contributed by atoms with van der Waals surface area (Å²) in [5.41, 5.74) is 2.37. The lowest BCUT2D eigenvalue weighted by Gasteiger charge is -2.29. The van der Waals surface area contributed by atoms with Gasteiger partial charge in [0.1, 0.15) is 0 Å². The normalized spacial score (nSPS) is 14.8. The summed E-state index contributed by atoms with van der Waals surface area (Å²) in [7, 11) is 0. The monoisotopic (exact) mass is 339 g/mol. The Kier molecular flexibility index (Phi) is 4.01. The minimum atomic E-state index is -0.558. The molecule has 2 aromatic carbocycles. The fourth-order valence-electron chi connectivity index (χ4n) is 3.10. The first-order valence-corrected chi connectivity index (χ1v) is 8.17. The quantitative estimate of drug-likeness (QED) is 0.804. The molecule has 0 radical (unpaired) electrons. The van der Waals surface area contributed by atoms with Gasteiger partial charge in [0.25, 0.3) is 5.91 Å². The number of carbonyl (C=O) groups excluding carboxylic acids is 2. The number of aryl methyl sites for hydroxylation is 1. The van der Waals surface area contributed by atoms with E-state index < -0.39 is 5.97 Å². The van der Waals surface area contributed by atoms with E-state index in [9.17, 15) is 9.59 Å². The van der Waals surface area contributed by atoms with Gasteiger partial charge in [-0.25, -0.2) is 4.79 Å². The highest BCUT2D eigenvalue weighted by molar-refractivity contribution is 5.98. The predicted molar refractivity (Wildman–Crippen MR) is 90.0 cm³/mol. The van der Waals surface area contributed by atoms with Crippen molar-refractivity contribution in [1.29, 1.82) is 0 Å². The molecule has 6 heteroatoms. The van der Waals surface area contributed by atoms with Gasteiger partial charge in [-0.05, 0) is 42.7 Å². The second-order valence-electron chi connectivity index (χ2n) is 5.92. The van der Waals surface area contributed by atoms with Gasteiger partial charge in [0, 0.05) is 12.2 Å². The maximum absolute atomic E-state index is 12.5. The van der Waals surface area contributed by atoms with Crippen LogP contribution in [0.1, 0.15) is 22.3 Å². The molecule has 0 atom stereocenters. The summed E-state index contributed by atoms with van der Waals surface area (Å²) in [5.74, 6) is 0.321. The molecule has 0 fully saturated rings. The number of amides is 1. The number of hydrogen-bond donors (Lipinski definition) is 0. The summed E-state index contributed by atoms with van der Waals surface area (Å²) in [6.45, 7) is 0.486. The minimum absolute atomic E-state index is 0.140. The lowest BCUT2D eigenvalue weighted by Crippen LogP contribution is -2.38. The van der Waals surface area contributed by atoms with Crippen molar-refractivity contribution >= 4 is 17.6 Å². The highest BCUT2D eigenvalue weighted by atomic mass is 16.7. The average molecular weight is 339 g/mol. The zero-order chi connectivity index (χ0) is 17.2. The number of benzene rings is 2. The number of fused-ring (bicyclic) bond motifs is 2. The second kappa shape index (κ2) is 6.47. The van der Waals surface area contributed by atoms with Gasteiger partial charge in [-0.1, -0.05) is 18.2 Å². The van der Waals surface area contributed by atoms with Crippen molar-refractivity contribution in [3.05, 3.63) is 53.6 Å². The van der Waals surface area contributed by atoms with Crippen LogP contribution in [0.3, 0.4) is 0 Å². The lowest BCUT2D eigenvalue weighted by atomic mass is 10.0. The third kappa shape index (κ3) is 3.03. The zero-order valence-electron chi connectivity index (χ0n) is 13.6. The first kappa shape index (κ1) is 15.5. The van der Waals surface area contributed by atoms with Crippen molar-refractivity contribution in [2.45, 2.75) is 12.8 Å². The van der Waals surface area contributed by atoms with E-state index >= 15 is 0 Å². The van der Waals surface area contributed by atoms with E-state index in [1.54, 1.807) is 23.1 Å². The number of hydrogen-bond acceptors (Lipinski definition) is 5. The molecule has 128 valence electrons. The van der Waals surface area contributed by atoms with E-state index in [2.05, 4.69) is 0 Å². The van der Waals surface area contributed by atoms with E-state index in [1.807, 2.05) is 24.3 Å². The molecular formula is C19H17NO5. The van der Waals surface area contributed by atoms with Crippen LogP contribution < -0.4 is 14.4 Å². The Balaban J connectivity index is 1.42. The fourth-order valence-corrected chi connectivity index (χ4v) is 3.10. The molecule has 0 bridgehead atoms. The van der Waals surface area contributed by atoms with Crippen LogP contribution in [0.25, 0.3) is 0 Å². The van der Waals surface area contributed by atoms with Gasteiger partial charge in [-0.2, -0.15) is 0 Å². The molecule has 0 aromatic heterocycles. The molecule has 0 N–H and O–H groups in total. The van der Waals surface area contributed by atoms with Crippen LogP contribution in [-0.2, 0) is 16.0 Å². The van der Waals surface area contributed by atoms with Crippen molar-refractivity contribution in [2.24, 2.45) is 0 Å². The molecule has 1 amide bonds. The first-order chi connectivity index (χ1) is 12.2. The third-order valence-corrected chi connectivity index (χ3v) is 4.35. The third-order valence-electron chi connectivity index (χ3n) is 4.35. The van der Waals surface area contributed by atoms with Crippen molar-refractivity contribution in [1.82, 2.24) is 0 Å². The van der Waals surface area contributed by atoms with Gasteiger partial charge in [-0.15, -0.1) is 0 Å². The largest absolute Gasteiger partial charge is 0.454 e. The molecule has 2 heterocycles. The summed E-state index contributed by atoms with van der Waals surface area (Å²) >= 11 is 0. The SMILES string of the molecule is O=C(OCC(=O)N1CCCc2ccccc21)c1ccc2c(c1)OCO2. The number of esters is 1. The fraction of sp³-hybridized carbons (Fsp3) is 0.263. The van der Waals surface area contributed by atoms with E-state index in [4.69, 9.17) is 14.2 Å². The first-order valence-electron chi connectivity index (χ1n) is 8.17. The molecular weight excluding hydrogens is 322 g/mol. The number of carbonyl (C=O) groups is 2. The molecule has 4 rings (SSSR count). The van der Waals surface area contributed by atoms with E-state index in [1.165, 1.54) is 0 Å². The Morgan fingerprint density at radius 3 is 2.84 bits per heavy atom. The summed E-state index contributed by atoms with van der Waals surface area (Å²) in [4.78, 5) is 26.4. The Bertz CT molecular complexity index is 832. The Labute approximate surface area is 144 Å². The molecule has 25 heavy (non-hydrogen) atoms. The van der Waals surface area contributed by atoms with Gasteiger partial charge < -0.3 is 19.1 Å². The van der Waals surface area contributed by atoms with Crippen LogP contribution in [-0.4, -0.2) is 31.8 Å². The van der Waals surface area contributed by atoms with E-state index in [0.717, 1.165) is 24.1 Å². The molecule has 0 spiro atoms. The average Bonchev–Trinajstić information content (AvgIpc) is 3.13. The second-order valence-corrected chi connectivity index (χ2v) is 5.92. The number of nitrogens with zero attached hydrogens (tertiary/aromatic N) is 1. The predicted octanol–water partition coefficient (Wildman–Crippen LogP) is 2.55. The molecule has 2 aliphatic heterocycles. The Hall–Kier alpha value is -3.02. The zero-order valence-corrected chi connectivity index (χ0v) is 13.6. The van der Waals surface area contributed by atoms with Crippen LogP contribution >= 0.6 is 0 Å². The minimum Gasteiger partial charge on any atom is -0.454 e. The highest BCUT2D eigenvalue weighted by Crippen LogP contribution is 2.32. The van der Waals surface area contributed by atoms with Crippen LogP contribution in [0.2, 0.25) is 0 Å². The number of rotatable bonds is 3. The lowest BCUT2D eigenvalue weighted by molar-refractivity contribution is -0.121. The number of para-hydroxylation sites is 1. The molecule has 0 saturated heterocycles. The standard InChI is InChI=1S/C19H17NO5/c21-18(20-9-3-5-13-4-1-2-6-15(13)20)11-23-19(22)14-7-8-16-17(10-14)25-12-24-16/h1-2,4,6-8,10H,3,5,9,11-12H2. The highest BCUT2D eigenvalue weighted by Gasteiger charge is 2.24. The molecule has 6 nitrogen and oxygen atoms in total. The van der Waals surface area contributed by atoms with Gasteiger partial charge in [0.05, 0.1) is 5.56 Å². The van der Waals surface area contributed by atoms with Crippen molar-refractivity contribution in [3.63, 3.8) is 0 Å². The van der Waals surface area contributed by atoms with E-state index in [-0.39, 0.29) is 19.3 Å². The Morgan fingerprint density at radius 1 is 1.08 bits per heavy atom. The van der Waals surface area contributed by atoms with Crippen molar-refractivity contribution in [2.75, 3.05) is 24.8 Å². The van der Waals surface area contributed by atoms with Gasteiger partial charge in [0.2, 0.25) is 6.79 Å². The molecule has 0 saturated carbocycles. The smallest absolute Gasteiger partial charge is 0.338 e. The molecule has 2 aromatic rings. The molecule has 0 aliphatic carbocycles. The summed E-state index contributed by atoms with van der Waals surface area (Å²) in [5, 5.41) is 0. The van der Waals surface area contributed by atoms with Gasteiger partial charge >= 0.3 is 5.97 Å². The number of ether oxygens (including phenoxy) is 3. The summed E-state index contributed by atoms with van der Waals surface area (Å²) in [6, 6.07) is 12.6. The number of anilines is 1. The van der Waals surface area contributed by atoms with Gasteiger partial charge in [0.15, 0.2) is 18.1 Å². The van der Waals surface area contributed by atoms with Crippen LogP contribution in [0.5, 0.6) is 11.5 Å². The maximum Gasteiger partial charge on any atom is 0.338 e. The van der Waals surface area contributed by atoms with E-state index in [0.29, 0.717) is 23.6 Å². The molecule has 0 unspecified atom stereocenters. The molecule has 2 aliphatic rings. The van der Waals surface area contributed by atoms with Crippen LogP contribution in [0.4, 0.5) is 5.69 Å². The van der Waals surface area contributed by atoms with Crippen molar-refractivity contribution < 1.29 is 23.8 Å².